The summed E-state index contributed by atoms with van der Waals surface area (Å²) in [5.74, 6) is -0.869. The number of imidazole rings is 1. The van der Waals surface area contributed by atoms with Gasteiger partial charge in [0.05, 0.1) is 16.7 Å². The highest BCUT2D eigenvalue weighted by atomic mass is 79.9. The number of urea groups is 1. The maximum atomic E-state index is 12.5. The molecule has 1 atom stereocenters. The lowest BCUT2D eigenvalue weighted by Gasteiger charge is -2.33. The number of halogens is 3. The van der Waals surface area contributed by atoms with Crippen molar-refractivity contribution in [2.45, 2.75) is 50.2 Å². The molecule has 14 heteroatoms. The number of aliphatic carboxylic acids is 1. The third-order valence-electron chi connectivity index (χ3n) is 8.99. The van der Waals surface area contributed by atoms with Crippen LogP contribution in [0.25, 0.3) is 11.0 Å². The fourth-order valence-corrected chi connectivity index (χ4v) is 7.82. The predicted molar refractivity (Wildman–Crippen MR) is 203 cm³/mol. The van der Waals surface area contributed by atoms with Gasteiger partial charge in [-0.25, -0.2) is 14.6 Å². The second-order valence-corrected chi connectivity index (χ2v) is 15.0. The van der Waals surface area contributed by atoms with Crippen LogP contribution < -0.4 is 22.1 Å². The van der Waals surface area contributed by atoms with Crippen LogP contribution in [0.4, 0.5) is 16.2 Å². The maximum Gasteiger partial charge on any atom is 0.331 e. The lowest BCUT2D eigenvalue weighted by molar-refractivity contribution is -0.144. The topological polar surface area (TPSA) is 155 Å². The number of hydrogen-bond donors (Lipinski definition) is 5. The standard InChI is InChI=1S/C21H24Br2ClN5O2.C14H19N3O/c1-28(2)6-3-7-29-17-10-13(24)4-5-16(17)27-19(29)21(26,20(30)31)11-12-8-14(22)18(25)15(23)9-12;18-14-16-13-4-2-1-3-11(13)7-10-17(14)12-5-8-15-9-6-12/h4-5,8-10H,3,6-7,11,25-26H2,1-2H3,(H,30,31);1-4,12,15H,5-10H2,(H,16,18)/t21-;/m1./s1. The Kier molecular flexibility index (Phi) is 12.3. The van der Waals surface area contributed by atoms with E-state index in [0.717, 1.165) is 63.1 Å². The molecule has 0 bridgehead atoms. The Morgan fingerprint density at radius 3 is 2.49 bits per heavy atom. The average molecular weight is 819 g/mol. The number of nitrogens with one attached hydrogen (secondary N) is 2. The molecule has 7 N–H and O–H groups in total. The summed E-state index contributed by atoms with van der Waals surface area (Å²) >= 11 is 13.0. The molecule has 1 aromatic heterocycles. The van der Waals surface area contributed by atoms with E-state index in [4.69, 9.17) is 23.1 Å². The normalized spacial score (nSPS) is 16.4. The first-order valence-corrected chi connectivity index (χ1v) is 18.3. The van der Waals surface area contributed by atoms with Crippen molar-refractivity contribution in [1.29, 1.82) is 0 Å². The van der Waals surface area contributed by atoms with Gasteiger partial charge in [0.25, 0.3) is 0 Å². The Bertz CT molecular complexity index is 1790. The zero-order valence-corrected chi connectivity index (χ0v) is 31.6. The minimum Gasteiger partial charge on any atom is -0.480 e. The first-order chi connectivity index (χ1) is 23.4. The predicted octanol–water partition coefficient (Wildman–Crippen LogP) is 6.06. The number of fused-ring (bicyclic) bond motifs is 2. The van der Waals surface area contributed by atoms with Gasteiger partial charge in [-0.3, -0.25) is 0 Å². The van der Waals surface area contributed by atoms with Crippen LogP contribution in [0.3, 0.4) is 0 Å². The Hall–Kier alpha value is -3.20. The van der Waals surface area contributed by atoms with Crippen molar-refractivity contribution < 1.29 is 14.7 Å². The van der Waals surface area contributed by atoms with Crippen LogP contribution in [0.2, 0.25) is 5.02 Å². The van der Waals surface area contributed by atoms with E-state index in [1.807, 2.05) is 41.8 Å². The van der Waals surface area contributed by atoms with E-state index in [-0.39, 0.29) is 12.5 Å². The van der Waals surface area contributed by atoms with E-state index >= 15 is 0 Å². The van der Waals surface area contributed by atoms with Crippen molar-refractivity contribution in [2.24, 2.45) is 5.73 Å². The monoisotopic (exact) mass is 816 g/mol. The van der Waals surface area contributed by atoms with Gasteiger partial charge in [0, 0.05) is 45.2 Å². The highest BCUT2D eigenvalue weighted by Crippen LogP contribution is 2.34. The fourth-order valence-electron chi connectivity index (χ4n) is 6.38. The number of amides is 2. The molecular formula is C35H43Br2ClN8O3. The summed E-state index contributed by atoms with van der Waals surface area (Å²) in [5.41, 5.74) is 15.7. The number of nitrogen functional groups attached to an aromatic ring is 1. The van der Waals surface area contributed by atoms with Crippen LogP contribution in [-0.2, 0) is 29.7 Å². The van der Waals surface area contributed by atoms with Crippen molar-refractivity contribution >= 4 is 77.9 Å². The lowest BCUT2D eigenvalue weighted by atomic mass is 9.90. The molecule has 0 saturated carbocycles. The molecule has 6 rings (SSSR count). The first kappa shape index (κ1) is 37.1. The van der Waals surface area contributed by atoms with Gasteiger partial charge in [-0.2, -0.15) is 0 Å². The quantitative estimate of drug-likeness (QED) is 0.128. The lowest BCUT2D eigenvalue weighted by Crippen LogP contribution is -2.49. The molecule has 11 nitrogen and oxygen atoms in total. The summed E-state index contributed by atoms with van der Waals surface area (Å²) in [6.45, 7) is 4.25. The number of anilines is 2. The number of benzene rings is 3. The van der Waals surface area contributed by atoms with E-state index in [2.05, 4.69) is 58.4 Å². The molecule has 3 heterocycles. The number of para-hydroxylation sites is 1. The van der Waals surface area contributed by atoms with Gasteiger partial charge in [0.1, 0.15) is 5.82 Å². The molecule has 0 unspecified atom stereocenters. The number of hydrogen-bond acceptors (Lipinski definition) is 7. The highest BCUT2D eigenvalue weighted by Gasteiger charge is 2.41. The van der Waals surface area contributed by atoms with Crippen molar-refractivity contribution in [3.05, 3.63) is 85.5 Å². The minimum atomic E-state index is -1.75. The second-order valence-electron chi connectivity index (χ2n) is 12.8. The molecule has 0 spiro atoms. The third kappa shape index (κ3) is 8.76. The minimum absolute atomic E-state index is 0.0323. The summed E-state index contributed by atoms with van der Waals surface area (Å²) < 4.78 is 3.20. The van der Waals surface area contributed by atoms with Crippen LogP contribution in [0, 0.1) is 0 Å². The molecule has 0 radical (unpaired) electrons. The van der Waals surface area contributed by atoms with Crippen molar-refractivity contribution in [2.75, 3.05) is 51.3 Å². The van der Waals surface area contributed by atoms with Crippen molar-refractivity contribution in [1.82, 2.24) is 24.7 Å². The summed E-state index contributed by atoms with van der Waals surface area (Å²) in [4.78, 5) is 33.5. The number of carboxylic acid groups (broad SMARTS) is 1. The molecule has 262 valence electrons. The molecule has 1 fully saturated rings. The molecule has 2 amide bonds. The number of piperidine rings is 1. The molecule has 49 heavy (non-hydrogen) atoms. The Morgan fingerprint density at radius 1 is 1.12 bits per heavy atom. The summed E-state index contributed by atoms with van der Waals surface area (Å²) in [6, 6.07) is 17.4. The van der Waals surface area contributed by atoms with E-state index in [9.17, 15) is 14.7 Å². The second kappa shape index (κ2) is 16.2. The largest absolute Gasteiger partial charge is 0.480 e. The molecule has 1 saturated heterocycles. The van der Waals surface area contributed by atoms with E-state index in [0.29, 0.717) is 49.1 Å². The first-order valence-electron chi connectivity index (χ1n) is 16.3. The Labute approximate surface area is 308 Å². The number of nitrogens with two attached hydrogens (primary N) is 2. The van der Waals surface area contributed by atoms with Gasteiger partial charge in [-0.1, -0.05) is 29.8 Å². The number of aromatic nitrogens is 2. The number of carbonyl (C=O) groups is 2. The van der Waals surface area contributed by atoms with Gasteiger partial charge < -0.3 is 41.6 Å². The van der Waals surface area contributed by atoms with Crippen LogP contribution >= 0.6 is 43.5 Å². The third-order valence-corrected chi connectivity index (χ3v) is 10.5. The van der Waals surface area contributed by atoms with Gasteiger partial charge in [-0.05, 0) is 139 Å². The van der Waals surface area contributed by atoms with Crippen LogP contribution in [0.15, 0.2) is 63.5 Å². The Balaban J connectivity index is 0.000000219. The number of aryl methyl sites for hydroxylation is 1. The zero-order valence-electron chi connectivity index (χ0n) is 27.7. The highest BCUT2D eigenvalue weighted by molar-refractivity contribution is 9.11. The zero-order chi connectivity index (χ0) is 35.3. The molecule has 4 aromatic rings. The van der Waals surface area contributed by atoms with Crippen molar-refractivity contribution in [3.63, 3.8) is 0 Å². The number of carboxylic acids is 1. The number of nitrogens with zero attached hydrogens (tertiary/aromatic N) is 4. The van der Waals surface area contributed by atoms with Crippen LogP contribution in [0.5, 0.6) is 0 Å². The fraction of sp³-hybridized carbons (Fsp3) is 0.400. The van der Waals surface area contributed by atoms with E-state index in [1.54, 1.807) is 30.3 Å². The smallest absolute Gasteiger partial charge is 0.331 e. The molecule has 2 aliphatic heterocycles. The average Bonchev–Trinajstić information content (AvgIpc) is 3.33. The Morgan fingerprint density at radius 2 is 1.82 bits per heavy atom. The number of carbonyl (C=O) groups excluding carboxylic acids is 1. The van der Waals surface area contributed by atoms with Crippen LogP contribution in [0.1, 0.15) is 36.2 Å². The van der Waals surface area contributed by atoms with E-state index < -0.39 is 11.5 Å². The summed E-state index contributed by atoms with van der Waals surface area (Å²) in [6.07, 6.45) is 3.89. The summed E-state index contributed by atoms with van der Waals surface area (Å²) in [7, 11) is 3.98. The van der Waals surface area contributed by atoms with Gasteiger partial charge in [0.2, 0.25) is 0 Å². The van der Waals surface area contributed by atoms with Crippen molar-refractivity contribution in [3.8, 4) is 0 Å². The van der Waals surface area contributed by atoms with Gasteiger partial charge in [0.15, 0.2) is 5.54 Å². The maximum absolute atomic E-state index is 12.5. The molecule has 0 aliphatic carbocycles. The molecule has 3 aromatic carbocycles. The van der Waals surface area contributed by atoms with Crippen LogP contribution in [-0.4, -0.2) is 82.8 Å². The SMILES string of the molecule is CN(C)CCCn1c([C@](N)(Cc2cc(Br)c(N)c(Br)c2)C(=O)O)nc2ccc(Cl)cc21.O=C1Nc2ccccc2CCN1C1CCNCC1. The summed E-state index contributed by atoms with van der Waals surface area (Å²) in [5, 5.41) is 17.1. The van der Waals surface area contributed by atoms with E-state index in [1.165, 1.54) is 5.56 Å². The van der Waals surface area contributed by atoms with Gasteiger partial charge in [-0.15, -0.1) is 0 Å². The molecular weight excluding hydrogens is 776 g/mol. The number of rotatable bonds is 9. The van der Waals surface area contributed by atoms with Gasteiger partial charge >= 0.3 is 12.0 Å². The molecule has 2 aliphatic rings.